The Labute approximate surface area is 91.3 Å². The average Bonchev–Trinajstić information content (AvgIpc) is 2.91. The molecule has 2 rings (SSSR count). The maximum absolute atomic E-state index is 11.7. The van der Waals surface area contributed by atoms with E-state index >= 15 is 0 Å². The number of amides is 1. The highest BCUT2D eigenvalue weighted by Crippen LogP contribution is 2.12. The zero-order chi connectivity index (χ0) is 10.7. The van der Waals surface area contributed by atoms with E-state index in [9.17, 15) is 4.79 Å². The number of thiophene rings is 1. The molecule has 15 heavy (non-hydrogen) atoms. The van der Waals surface area contributed by atoms with E-state index in [0.717, 1.165) is 5.56 Å². The lowest BCUT2D eigenvalue weighted by Crippen LogP contribution is -2.25. The molecule has 2 aromatic heterocycles. The van der Waals surface area contributed by atoms with Crippen LogP contribution in [0.4, 0.5) is 0 Å². The van der Waals surface area contributed by atoms with Gasteiger partial charge in [0.15, 0.2) is 0 Å². The standard InChI is InChI=1S/C10H11N3OS/c1-7(9-4-11-12-5-9)13-10(14)8-2-3-15-6-8/h2-7H,1H3,(H,11,12)(H,13,14). The number of aromatic amines is 1. The molecule has 1 amide bonds. The highest BCUT2D eigenvalue weighted by atomic mass is 32.1. The molecule has 1 atom stereocenters. The Hall–Kier alpha value is -1.62. The summed E-state index contributed by atoms with van der Waals surface area (Å²) in [5, 5.41) is 13.2. The van der Waals surface area contributed by atoms with Crippen LogP contribution in [0.2, 0.25) is 0 Å². The van der Waals surface area contributed by atoms with E-state index in [1.807, 2.05) is 23.8 Å². The molecule has 0 aliphatic rings. The first-order valence-corrected chi connectivity index (χ1v) is 5.53. The molecule has 0 fully saturated rings. The molecule has 1 unspecified atom stereocenters. The molecule has 0 bridgehead atoms. The number of nitrogens with zero attached hydrogens (tertiary/aromatic N) is 1. The highest BCUT2D eigenvalue weighted by Gasteiger charge is 2.11. The maximum atomic E-state index is 11.7. The van der Waals surface area contributed by atoms with Crippen LogP contribution in [0.25, 0.3) is 0 Å². The smallest absolute Gasteiger partial charge is 0.252 e. The van der Waals surface area contributed by atoms with E-state index in [0.29, 0.717) is 5.56 Å². The van der Waals surface area contributed by atoms with Gasteiger partial charge >= 0.3 is 0 Å². The van der Waals surface area contributed by atoms with Crippen molar-refractivity contribution in [2.75, 3.05) is 0 Å². The summed E-state index contributed by atoms with van der Waals surface area (Å²) in [7, 11) is 0. The number of carbonyl (C=O) groups excluding carboxylic acids is 1. The molecule has 4 nitrogen and oxygen atoms in total. The molecule has 0 aliphatic carbocycles. The number of H-pyrrole nitrogens is 1. The lowest BCUT2D eigenvalue weighted by atomic mass is 10.2. The SMILES string of the molecule is CC(NC(=O)c1ccsc1)c1cn[nH]c1. The van der Waals surface area contributed by atoms with E-state index < -0.39 is 0 Å². The third kappa shape index (κ3) is 2.24. The fraction of sp³-hybridized carbons (Fsp3) is 0.200. The van der Waals surface area contributed by atoms with Gasteiger partial charge in [-0.25, -0.2) is 0 Å². The molecular formula is C10H11N3OS. The zero-order valence-electron chi connectivity index (χ0n) is 8.23. The van der Waals surface area contributed by atoms with Crippen LogP contribution in [0.5, 0.6) is 0 Å². The van der Waals surface area contributed by atoms with Gasteiger partial charge in [0.05, 0.1) is 17.8 Å². The second-order valence-corrected chi connectivity index (χ2v) is 4.02. The molecule has 2 heterocycles. The molecule has 5 heteroatoms. The third-order valence-electron chi connectivity index (χ3n) is 2.15. The van der Waals surface area contributed by atoms with Crippen molar-refractivity contribution >= 4 is 17.2 Å². The minimum Gasteiger partial charge on any atom is -0.345 e. The Morgan fingerprint density at radius 2 is 2.53 bits per heavy atom. The first-order chi connectivity index (χ1) is 7.27. The molecule has 0 saturated heterocycles. The lowest BCUT2D eigenvalue weighted by Gasteiger charge is -2.10. The molecule has 0 aliphatic heterocycles. The van der Waals surface area contributed by atoms with Crippen LogP contribution in [-0.4, -0.2) is 16.1 Å². The van der Waals surface area contributed by atoms with Crippen LogP contribution in [-0.2, 0) is 0 Å². The van der Waals surface area contributed by atoms with Gasteiger partial charge in [0.25, 0.3) is 5.91 Å². The Morgan fingerprint density at radius 3 is 3.13 bits per heavy atom. The van der Waals surface area contributed by atoms with Gasteiger partial charge in [-0.3, -0.25) is 9.89 Å². The van der Waals surface area contributed by atoms with Gasteiger partial charge in [0.1, 0.15) is 0 Å². The quantitative estimate of drug-likeness (QED) is 0.832. The number of hydrogen-bond donors (Lipinski definition) is 2. The average molecular weight is 221 g/mol. The first-order valence-electron chi connectivity index (χ1n) is 4.59. The summed E-state index contributed by atoms with van der Waals surface area (Å²) in [5.74, 6) is -0.0510. The summed E-state index contributed by atoms with van der Waals surface area (Å²) < 4.78 is 0. The molecule has 0 aromatic carbocycles. The number of nitrogens with one attached hydrogen (secondary N) is 2. The summed E-state index contributed by atoms with van der Waals surface area (Å²) in [4.78, 5) is 11.7. The van der Waals surface area contributed by atoms with Crippen molar-refractivity contribution in [2.45, 2.75) is 13.0 Å². The zero-order valence-corrected chi connectivity index (χ0v) is 9.04. The van der Waals surface area contributed by atoms with Crippen molar-refractivity contribution < 1.29 is 4.79 Å². The molecule has 2 N–H and O–H groups in total. The van der Waals surface area contributed by atoms with Crippen molar-refractivity contribution in [3.05, 3.63) is 40.3 Å². The summed E-state index contributed by atoms with van der Waals surface area (Å²) in [6, 6.07) is 1.78. The topological polar surface area (TPSA) is 57.8 Å². The van der Waals surface area contributed by atoms with E-state index in [-0.39, 0.29) is 11.9 Å². The fourth-order valence-electron chi connectivity index (χ4n) is 1.25. The van der Waals surface area contributed by atoms with Gasteiger partial charge in [-0.1, -0.05) is 0 Å². The largest absolute Gasteiger partial charge is 0.345 e. The third-order valence-corrected chi connectivity index (χ3v) is 2.83. The van der Waals surface area contributed by atoms with E-state index in [4.69, 9.17) is 0 Å². The molecule has 0 saturated carbocycles. The Balaban J connectivity index is 2.01. The number of carbonyl (C=O) groups is 1. The fourth-order valence-corrected chi connectivity index (χ4v) is 1.89. The number of hydrogen-bond acceptors (Lipinski definition) is 3. The van der Waals surface area contributed by atoms with Crippen molar-refractivity contribution in [3.63, 3.8) is 0 Å². The number of aromatic nitrogens is 2. The maximum Gasteiger partial charge on any atom is 0.252 e. The van der Waals surface area contributed by atoms with E-state index in [1.54, 1.807) is 12.4 Å². The van der Waals surface area contributed by atoms with Gasteiger partial charge in [0.2, 0.25) is 0 Å². The van der Waals surface area contributed by atoms with Crippen LogP contribution >= 0.6 is 11.3 Å². The van der Waals surface area contributed by atoms with Crippen LogP contribution in [0.15, 0.2) is 29.2 Å². The molecule has 0 radical (unpaired) electrons. The minimum absolute atomic E-state index is 0.0313. The molecule has 0 spiro atoms. The van der Waals surface area contributed by atoms with Crippen molar-refractivity contribution in [1.29, 1.82) is 0 Å². The summed E-state index contributed by atoms with van der Waals surface area (Å²) in [5.41, 5.74) is 1.67. The summed E-state index contributed by atoms with van der Waals surface area (Å²) in [6.07, 6.45) is 3.48. The van der Waals surface area contributed by atoms with Gasteiger partial charge in [-0.05, 0) is 18.4 Å². The van der Waals surface area contributed by atoms with Gasteiger partial charge in [-0.15, -0.1) is 0 Å². The minimum atomic E-state index is -0.0510. The second-order valence-electron chi connectivity index (χ2n) is 3.24. The van der Waals surface area contributed by atoms with Gasteiger partial charge < -0.3 is 5.32 Å². The van der Waals surface area contributed by atoms with Crippen molar-refractivity contribution in [3.8, 4) is 0 Å². The van der Waals surface area contributed by atoms with Gasteiger partial charge in [-0.2, -0.15) is 16.4 Å². The molecule has 2 aromatic rings. The Bertz CT molecular complexity index is 421. The normalized spacial score (nSPS) is 12.3. The molecule has 78 valence electrons. The van der Waals surface area contributed by atoms with Crippen LogP contribution in [0.1, 0.15) is 28.9 Å². The van der Waals surface area contributed by atoms with E-state index in [1.165, 1.54) is 11.3 Å². The van der Waals surface area contributed by atoms with E-state index in [2.05, 4.69) is 15.5 Å². The summed E-state index contributed by atoms with van der Waals surface area (Å²) in [6.45, 7) is 1.93. The number of rotatable bonds is 3. The monoisotopic (exact) mass is 221 g/mol. The summed E-state index contributed by atoms with van der Waals surface area (Å²) >= 11 is 1.51. The predicted octanol–water partition coefficient (Wildman–Crippen LogP) is 1.96. The van der Waals surface area contributed by atoms with Crippen LogP contribution in [0.3, 0.4) is 0 Å². The lowest BCUT2D eigenvalue weighted by molar-refractivity contribution is 0.0940. The highest BCUT2D eigenvalue weighted by molar-refractivity contribution is 7.08. The van der Waals surface area contributed by atoms with Gasteiger partial charge in [0, 0.05) is 17.1 Å². The predicted molar refractivity (Wildman–Crippen MR) is 58.8 cm³/mol. The van der Waals surface area contributed by atoms with Crippen molar-refractivity contribution in [1.82, 2.24) is 15.5 Å². The van der Waals surface area contributed by atoms with Crippen LogP contribution < -0.4 is 5.32 Å². The van der Waals surface area contributed by atoms with Crippen LogP contribution in [0, 0.1) is 0 Å². The Kier molecular flexibility index (Phi) is 2.82. The first kappa shape index (κ1) is 9.92. The van der Waals surface area contributed by atoms with Crippen molar-refractivity contribution in [2.24, 2.45) is 0 Å². The Morgan fingerprint density at radius 1 is 1.67 bits per heavy atom. The molecular weight excluding hydrogens is 210 g/mol. The second kappa shape index (κ2) is 4.27.